The SMILES string of the molecule is CCCCCN1CCCC(N)C1=O. The highest BCUT2D eigenvalue weighted by Gasteiger charge is 2.24. The molecule has 1 unspecified atom stereocenters. The summed E-state index contributed by atoms with van der Waals surface area (Å²) in [5.41, 5.74) is 5.68. The van der Waals surface area contributed by atoms with Crippen molar-refractivity contribution in [3.63, 3.8) is 0 Å². The van der Waals surface area contributed by atoms with Crippen LogP contribution in [0.1, 0.15) is 39.0 Å². The van der Waals surface area contributed by atoms with Crippen LogP contribution in [0.3, 0.4) is 0 Å². The maximum atomic E-state index is 11.5. The van der Waals surface area contributed by atoms with E-state index in [2.05, 4.69) is 6.92 Å². The van der Waals surface area contributed by atoms with Crippen molar-refractivity contribution < 1.29 is 4.79 Å². The molecule has 0 saturated carbocycles. The van der Waals surface area contributed by atoms with Crippen molar-refractivity contribution in [3.05, 3.63) is 0 Å². The van der Waals surface area contributed by atoms with Gasteiger partial charge in [0.2, 0.25) is 5.91 Å². The molecule has 0 spiro atoms. The Kier molecular flexibility index (Phi) is 4.22. The molecule has 1 atom stereocenters. The number of nitrogens with zero attached hydrogens (tertiary/aromatic N) is 1. The number of carbonyl (C=O) groups excluding carboxylic acids is 1. The van der Waals surface area contributed by atoms with E-state index >= 15 is 0 Å². The zero-order valence-corrected chi connectivity index (χ0v) is 8.46. The summed E-state index contributed by atoms with van der Waals surface area (Å²) < 4.78 is 0. The minimum absolute atomic E-state index is 0.155. The summed E-state index contributed by atoms with van der Waals surface area (Å²) in [6.07, 6.45) is 5.46. The maximum absolute atomic E-state index is 11.5. The zero-order valence-electron chi connectivity index (χ0n) is 8.46. The quantitative estimate of drug-likeness (QED) is 0.666. The number of likely N-dealkylation sites (tertiary alicyclic amines) is 1. The Morgan fingerprint density at radius 1 is 1.54 bits per heavy atom. The molecule has 1 saturated heterocycles. The Morgan fingerprint density at radius 3 is 3.00 bits per heavy atom. The lowest BCUT2D eigenvalue weighted by molar-refractivity contribution is -0.134. The second-order valence-corrected chi connectivity index (χ2v) is 3.78. The van der Waals surface area contributed by atoms with E-state index in [0.717, 1.165) is 32.4 Å². The average Bonchev–Trinajstić information content (AvgIpc) is 2.13. The standard InChI is InChI=1S/C10H20N2O/c1-2-3-4-7-12-8-5-6-9(11)10(12)13/h9H,2-8,11H2,1H3. The molecule has 0 bridgehead atoms. The van der Waals surface area contributed by atoms with Crippen molar-refractivity contribution in [2.75, 3.05) is 13.1 Å². The summed E-state index contributed by atoms with van der Waals surface area (Å²) in [7, 11) is 0. The van der Waals surface area contributed by atoms with Gasteiger partial charge in [0, 0.05) is 13.1 Å². The molecule has 0 aromatic carbocycles. The fraction of sp³-hybridized carbons (Fsp3) is 0.900. The summed E-state index contributed by atoms with van der Waals surface area (Å²) in [5.74, 6) is 0.155. The maximum Gasteiger partial charge on any atom is 0.239 e. The van der Waals surface area contributed by atoms with Crippen LogP contribution in [0.15, 0.2) is 0 Å². The first kappa shape index (κ1) is 10.5. The highest BCUT2D eigenvalue weighted by molar-refractivity contribution is 5.82. The summed E-state index contributed by atoms with van der Waals surface area (Å²) in [5, 5.41) is 0. The van der Waals surface area contributed by atoms with E-state index in [1.807, 2.05) is 4.90 Å². The van der Waals surface area contributed by atoms with E-state index in [4.69, 9.17) is 5.73 Å². The topological polar surface area (TPSA) is 46.3 Å². The third-order valence-corrected chi connectivity index (χ3v) is 2.60. The minimum Gasteiger partial charge on any atom is -0.341 e. The molecule has 2 N–H and O–H groups in total. The lowest BCUT2D eigenvalue weighted by Gasteiger charge is -2.30. The summed E-state index contributed by atoms with van der Waals surface area (Å²) >= 11 is 0. The van der Waals surface area contributed by atoms with Gasteiger partial charge in [0.05, 0.1) is 6.04 Å². The molecule has 1 amide bonds. The predicted octanol–water partition coefficient (Wildman–Crippen LogP) is 1.13. The number of carbonyl (C=O) groups is 1. The van der Waals surface area contributed by atoms with Gasteiger partial charge in [-0.2, -0.15) is 0 Å². The van der Waals surface area contributed by atoms with Crippen molar-refractivity contribution in [1.29, 1.82) is 0 Å². The van der Waals surface area contributed by atoms with Crippen molar-refractivity contribution in [2.45, 2.75) is 45.1 Å². The van der Waals surface area contributed by atoms with Gasteiger partial charge in [-0.05, 0) is 19.3 Å². The molecule has 1 aliphatic heterocycles. The Morgan fingerprint density at radius 2 is 2.31 bits per heavy atom. The molecule has 1 fully saturated rings. The normalized spacial score (nSPS) is 23.7. The number of nitrogens with two attached hydrogens (primary N) is 1. The van der Waals surface area contributed by atoms with Gasteiger partial charge in [-0.1, -0.05) is 19.8 Å². The van der Waals surface area contributed by atoms with Crippen LogP contribution in [0.4, 0.5) is 0 Å². The summed E-state index contributed by atoms with van der Waals surface area (Å²) in [6, 6.07) is -0.227. The second kappa shape index (κ2) is 5.22. The van der Waals surface area contributed by atoms with Crippen molar-refractivity contribution in [2.24, 2.45) is 5.73 Å². The lowest BCUT2D eigenvalue weighted by atomic mass is 10.1. The van der Waals surface area contributed by atoms with Crippen molar-refractivity contribution in [3.8, 4) is 0 Å². The first-order valence-electron chi connectivity index (χ1n) is 5.30. The molecular formula is C10H20N2O. The van der Waals surface area contributed by atoms with Gasteiger partial charge in [-0.15, -0.1) is 0 Å². The first-order valence-corrected chi connectivity index (χ1v) is 5.30. The molecule has 3 heteroatoms. The minimum atomic E-state index is -0.227. The Hall–Kier alpha value is -0.570. The van der Waals surface area contributed by atoms with Gasteiger partial charge in [0.1, 0.15) is 0 Å². The second-order valence-electron chi connectivity index (χ2n) is 3.78. The largest absolute Gasteiger partial charge is 0.341 e. The fourth-order valence-corrected chi connectivity index (χ4v) is 1.74. The Labute approximate surface area is 80.3 Å². The van der Waals surface area contributed by atoms with Crippen LogP contribution in [-0.4, -0.2) is 29.9 Å². The van der Waals surface area contributed by atoms with Crippen LogP contribution in [0.25, 0.3) is 0 Å². The van der Waals surface area contributed by atoms with E-state index in [0.29, 0.717) is 0 Å². The molecule has 1 rings (SSSR count). The molecule has 76 valence electrons. The lowest BCUT2D eigenvalue weighted by Crippen LogP contribution is -2.48. The monoisotopic (exact) mass is 184 g/mol. The number of amides is 1. The molecular weight excluding hydrogens is 164 g/mol. The number of unbranched alkanes of at least 4 members (excludes halogenated alkanes) is 2. The number of piperidine rings is 1. The number of hydrogen-bond acceptors (Lipinski definition) is 2. The zero-order chi connectivity index (χ0) is 9.68. The molecule has 13 heavy (non-hydrogen) atoms. The molecule has 3 nitrogen and oxygen atoms in total. The van der Waals surface area contributed by atoms with Crippen LogP contribution in [-0.2, 0) is 4.79 Å². The van der Waals surface area contributed by atoms with Gasteiger partial charge < -0.3 is 10.6 Å². The van der Waals surface area contributed by atoms with Crippen molar-refractivity contribution >= 4 is 5.91 Å². The Balaban J connectivity index is 2.27. The van der Waals surface area contributed by atoms with E-state index in [9.17, 15) is 4.79 Å². The molecule has 0 aromatic rings. The molecule has 1 heterocycles. The summed E-state index contributed by atoms with van der Waals surface area (Å²) in [4.78, 5) is 13.4. The van der Waals surface area contributed by atoms with Gasteiger partial charge in [0.15, 0.2) is 0 Å². The van der Waals surface area contributed by atoms with Crippen LogP contribution in [0, 0.1) is 0 Å². The van der Waals surface area contributed by atoms with Crippen LogP contribution >= 0.6 is 0 Å². The van der Waals surface area contributed by atoms with Crippen molar-refractivity contribution in [1.82, 2.24) is 4.90 Å². The smallest absolute Gasteiger partial charge is 0.239 e. The third-order valence-electron chi connectivity index (χ3n) is 2.60. The van der Waals surface area contributed by atoms with Gasteiger partial charge in [-0.25, -0.2) is 0 Å². The molecule has 0 radical (unpaired) electrons. The van der Waals surface area contributed by atoms with Gasteiger partial charge in [0.25, 0.3) is 0 Å². The molecule has 0 aliphatic carbocycles. The Bertz CT molecular complexity index is 170. The summed E-state index contributed by atoms with van der Waals surface area (Å²) in [6.45, 7) is 3.99. The van der Waals surface area contributed by atoms with E-state index < -0.39 is 0 Å². The average molecular weight is 184 g/mol. The number of hydrogen-bond donors (Lipinski definition) is 1. The molecule has 1 aliphatic rings. The van der Waals surface area contributed by atoms with Crippen LogP contribution in [0.2, 0.25) is 0 Å². The number of rotatable bonds is 4. The van der Waals surface area contributed by atoms with E-state index in [-0.39, 0.29) is 11.9 Å². The van der Waals surface area contributed by atoms with E-state index in [1.165, 1.54) is 12.8 Å². The van der Waals surface area contributed by atoms with Gasteiger partial charge >= 0.3 is 0 Å². The van der Waals surface area contributed by atoms with Crippen LogP contribution in [0.5, 0.6) is 0 Å². The highest BCUT2D eigenvalue weighted by atomic mass is 16.2. The van der Waals surface area contributed by atoms with Gasteiger partial charge in [-0.3, -0.25) is 4.79 Å². The fourth-order valence-electron chi connectivity index (χ4n) is 1.74. The third kappa shape index (κ3) is 2.99. The van der Waals surface area contributed by atoms with E-state index in [1.54, 1.807) is 0 Å². The molecule has 0 aromatic heterocycles. The predicted molar refractivity (Wildman–Crippen MR) is 53.3 cm³/mol. The first-order chi connectivity index (χ1) is 6.25. The van der Waals surface area contributed by atoms with Crippen LogP contribution < -0.4 is 5.73 Å². The highest BCUT2D eigenvalue weighted by Crippen LogP contribution is 2.10.